The Bertz CT molecular complexity index is 1460. The van der Waals surface area contributed by atoms with Crippen molar-refractivity contribution in [3.63, 3.8) is 0 Å². The van der Waals surface area contributed by atoms with Gasteiger partial charge in [0.1, 0.15) is 11.4 Å². The minimum absolute atomic E-state index is 0.164. The number of aryl methyl sites for hydroxylation is 1. The highest BCUT2D eigenvalue weighted by molar-refractivity contribution is 5.71. The topological polar surface area (TPSA) is 92.4 Å². The normalized spacial score (nSPS) is 14.5. The number of ether oxygens (including phenoxy) is 2. The summed E-state index contributed by atoms with van der Waals surface area (Å²) in [7, 11) is 0. The maximum Gasteiger partial charge on any atom is 0.250 e. The van der Waals surface area contributed by atoms with Crippen LogP contribution in [0.2, 0.25) is 0 Å². The number of rotatable bonds is 5. The Morgan fingerprint density at radius 2 is 1.92 bits per heavy atom. The van der Waals surface area contributed by atoms with Crippen LogP contribution in [0.3, 0.4) is 0 Å². The number of pyridine rings is 3. The van der Waals surface area contributed by atoms with Crippen LogP contribution < -0.4 is 20.5 Å². The highest BCUT2D eigenvalue weighted by Crippen LogP contribution is 2.42. The molecule has 1 aromatic carbocycles. The summed E-state index contributed by atoms with van der Waals surface area (Å²) in [4.78, 5) is 26.7. The Balaban J connectivity index is 1.26. The molecule has 2 aliphatic heterocycles. The molecule has 2 aliphatic rings. The molecule has 0 aliphatic carbocycles. The second-order valence-corrected chi connectivity index (χ2v) is 9.15. The molecule has 8 heteroatoms. The lowest BCUT2D eigenvalue weighted by Crippen LogP contribution is -2.36. The van der Waals surface area contributed by atoms with E-state index >= 15 is 0 Å². The van der Waals surface area contributed by atoms with Crippen LogP contribution >= 0.6 is 0 Å². The molecule has 0 radical (unpaired) electrons. The van der Waals surface area contributed by atoms with Crippen molar-refractivity contribution in [2.24, 2.45) is 0 Å². The van der Waals surface area contributed by atoms with Gasteiger partial charge in [0, 0.05) is 60.5 Å². The van der Waals surface area contributed by atoms with Gasteiger partial charge in [-0.25, -0.2) is 0 Å². The number of morpholine rings is 1. The third kappa shape index (κ3) is 4.55. The van der Waals surface area contributed by atoms with Crippen LogP contribution in [0.5, 0.6) is 11.5 Å². The fourth-order valence-electron chi connectivity index (χ4n) is 4.63. The van der Waals surface area contributed by atoms with Gasteiger partial charge in [0.25, 0.3) is 5.56 Å². The van der Waals surface area contributed by atoms with Crippen molar-refractivity contribution < 1.29 is 9.47 Å². The van der Waals surface area contributed by atoms with Crippen LogP contribution in [-0.2, 0) is 17.7 Å². The molecular weight excluding hydrogens is 454 g/mol. The van der Waals surface area contributed by atoms with Crippen molar-refractivity contribution in [2.75, 3.05) is 36.5 Å². The molecule has 6 rings (SSSR count). The molecule has 0 spiro atoms. The van der Waals surface area contributed by atoms with E-state index in [0.717, 1.165) is 52.6 Å². The summed E-state index contributed by atoms with van der Waals surface area (Å²) in [6.45, 7) is 5.49. The predicted octanol–water partition coefficient (Wildman–Crippen LogP) is 4.29. The van der Waals surface area contributed by atoms with Crippen molar-refractivity contribution in [2.45, 2.75) is 19.9 Å². The number of aromatic amines is 1. The van der Waals surface area contributed by atoms with Crippen LogP contribution in [-0.4, -0.2) is 41.3 Å². The summed E-state index contributed by atoms with van der Waals surface area (Å²) in [5.74, 6) is 1.48. The van der Waals surface area contributed by atoms with Gasteiger partial charge in [-0.3, -0.25) is 14.8 Å². The zero-order valence-corrected chi connectivity index (χ0v) is 20.1. The molecule has 0 bridgehead atoms. The highest BCUT2D eigenvalue weighted by atomic mass is 16.5. The second-order valence-electron chi connectivity index (χ2n) is 9.15. The fraction of sp³-hybridized carbons (Fsp3) is 0.250. The number of anilines is 2. The number of H-pyrrole nitrogens is 1. The van der Waals surface area contributed by atoms with Gasteiger partial charge in [0.2, 0.25) is 0 Å². The Labute approximate surface area is 209 Å². The van der Waals surface area contributed by atoms with Gasteiger partial charge in [-0.05, 0) is 48.9 Å². The standard InChI is InChI=1S/C28H27N5O3/c1-18-2-3-22(30-16-18)17-31-21-4-5-25-20(13-21)12-19-6-7-29-27(28(19)36-25)24-14-23(15-26(34)32-24)33-8-10-35-11-9-33/h2-7,13-16,31H,8-12,17H2,1H3,(H,32,34). The number of nitrogens with zero attached hydrogens (tertiary/aromatic N) is 3. The van der Waals surface area contributed by atoms with Crippen LogP contribution in [0.4, 0.5) is 11.4 Å². The molecule has 3 aromatic heterocycles. The van der Waals surface area contributed by atoms with Crippen molar-refractivity contribution >= 4 is 11.4 Å². The third-order valence-corrected chi connectivity index (χ3v) is 6.55. The minimum atomic E-state index is -0.164. The van der Waals surface area contributed by atoms with Crippen LogP contribution in [0.1, 0.15) is 22.4 Å². The predicted molar refractivity (Wildman–Crippen MR) is 139 cm³/mol. The first-order valence-corrected chi connectivity index (χ1v) is 12.1. The Hall–Kier alpha value is -4.17. The van der Waals surface area contributed by atoms with Gasteiger partial charge in [-0.1, -0.05) is 6.07 Å². The van der Waals surface area contributed by atoms with Gasteiger partial charge >= 0.3 is 0 Å². The van der Waals surface area contributed by atoms with E-state index in [4.69, 9.17) is 9.47 Å². The molecule has 4 aromatic rings. The van der Waals surface area contributed by atoms with E-state index in [0.29, 0.717) is 43.3 Å². The van der Waals surface area contributed by atoms with Crippen LogP contribution in [0.15, 0.2) is 65.7 Å². The van der Waals surface area contributed by atoms with Gasteiger partial charge in [-0.2, -0.15) is 0 Å². The lowest BCUT2D eigenvalue weighted by Gasteiger charge is -2.29. The minimum Gasteiger partial charge on any atom is -0.454 e. The van der Waals surface area contributed by atoms with Crippen molar-refractivity contribution in [1.29, 1.82) is 0 Å². The number of hydrogen-bond acceptors (Lipinski definition) is 7. The first-order valence-electron chi connectivity index (χ1n) is 12.1. The zero-order valence-electron chi connectivity index (χ0n) is 20.1. The van der Waals surface area contributed by atoms with Gasteiger partial charge in [-0.15, -0.1) is 0 Å². The number of benzene rings is 1. The summed E-state index contributed by atoms with van der Waals surface area (Å²) in [5, 5.41) is 3.45. The summed E-state index contributed by atoms with van der Waals surface area (Å²) in [6.07, 6.45) is 4.36. The molecule has 182 valence electrons. The van der Waals surface area contributed by atoms with E-state index < -0.39 is 0 Å². The quantitative estimate of drug-likeness (QED) is 0.387. The lowest BCUT2D eigenvalue weighted by atomic mass is 9.99. The summed E-state index contributed by atoms with van der Waals surface area (Å²) >= 11 is 0. The van der Waals surface area contributed by atoms with Gasteiger partial charge < -0.3 is 24.7 Å². The zero-order chi connectivity index (χ0) is 24.5. The Kier molecular flexibility index (Phi) is 5.87. The molecule has 0 amide bonds. The molecule has 2 N–H and O–H groups in total. The average Bonchev–Trinajstić information content (AvgIpc) is 2.91. The van der Waals surface area contributed by atoms with Crippen molar-refractivity contribution in [3.8, 4) is 22.9 Å². The first kappa shape index (κ1) is 22.3. The largest absolute Gasteiger partial charge is 0.454 e. The number of hydrogen-bond donors (Lipinski definition) is 2. The van der Waals surface area contributed by atoms with E-state index in [1.807, 2.05) is 43.5 Å². The summed E-state index contributed by atoms with van der Waals surface area (Å²) in [5.41, 5.74) is 7.26. The molecule has 0 unspecified atom stereocenters. The van der Waals surface area contributed by atoms with E-state index in [2.05, 4.69) is 37.3 Å². The van der Waals surface area contributed by atoms with E-state index in [1.54, 1.807) is 12.3 Å². The molecule has 5 heterocycles. The third-order valence-electron chi connectivity index (χ3n) is 6.55. The van der Waals surface area contributed by atoms with Gasteiger partial charge in [0.15, 0.2) is 5.75 Å². The molecule has 0 saturated carbocycles. The summed E-state index contributed by atoms with van der Waals surface area (Å²) < 4.78 is 11.8. The highest BCUT2D eigenvalue weighted by Gasteiger charge is 2.23. The number of aromatic nitrogens is 3. The maximum absolute atomic E-state index is 12.5. The molecule has 1 fully saturated rings. The fourth-order valence-corrected chi connectivity index (χ4v) is 4.63. The second kappa shape index (κ2) is 9.47. The van der Waals surface area contributed by atoms with Crippen molar-refractivity contribution in [3.05, 3.63) is 93.7 Å². The van der Waals surface area contributed by atoms with Crippen molar-refractivity contribution in [1.82, 2.24) is 15.0 Å². The maximum atomic E-state index is 12.5. The summed E-state index contributed by atoms with van der Waals surface area (Å²) in [6, 6.07) is 15.8. The van der Waals surface area contributed by atoms with Crippen LogP contribution in [0, 0.1) is 6.92 Å². The number of nitrogens with one attached hydrogen (secondary N) is 2. The average molecular weight is 482 g/mol. The molecule has 8 nitrogen and oxygen atoms in total. The Morgan fingerprint density at radius 1 is 1.03 bits per heavy atom. The van der Waals surface area contributed by atoms with E-state index in [-0.39, 0.29) is 5.56 Å². The Morgan fingerprint density at radius 3 is 2.75 bits per heavy atom. The van der Waals surface area contributed by atoms with Crippen LogP contribution in [0.25, 0.3) is 11.4 Å². The van der Waals surface area contributed by atoms with Gasteiger partial charge in [0.05, 0.1) is 31.1 Å². The lowest BCUT2D eigenvalue weighted by molar-refractivity contribution is 0.122. The molecule has 0 atom stereocenters. The molecular formula is C28H27N5O3. The van der Waals surface area contributed by atoms with E-state index in [1.165, 1.54) is 0 Å². The molecule has 1 saturated heterocycles. The van der Waals surface area contributed by atoms with E-state index in [9.17, 15) is 4.79 Å². The molecule has 36 heavy (non-hydrogen) atoms. The number of fused-ring (bicyclic) bond motifs is 2. The monoisotopic (exact) mass is 481 g/mol. The first-order chi connectivity index (χ1) is 17.6. The SMILES string of the molecule is Cc1ccc(CNc2ccc3c(c2)Cc2ccnc(-c4cc(N5CCOCC5)cc(=O)[nH]4)c2O3)nc1. The smallest absolute Gasteiger partial charge is 0.250 e.